The first-order chi connectivity index (χ1) is 18.3. The molecule has 6 nitrogen and oxygen atoms in total. The summed E-state index contributed by atoms with van der Waals surface area (Å²) in [7, 11) is 0. The van der Waals surface area contributed by atoms with Gasteiger partial charge >= 0.3 is 0 Å². The minimum atomic E-state index is -0.326. The molecule has 2 amide bonds. The molecule has 3 aromatic carbocycles. The van der Waals surface area contributed by atoms with Crippen molar-refractivity contribution in [3.8, 4) is 22.5 Å². The Kier molecular flexibility index (Phi) is 7.18. The zero-order valence-corrected chi connectivity index (χ0v) is 23.1. The van der Waals surface area contributed by atoms with E-state index < -0.39 is 0 Å². The summed E-state index contributed by atoms with van der Waals surface area (Å²) in [4.78, 5) is 35.0. The number of nitrogens with one attached hydrogen (secondary N) is 2. The molecule has 0 saturated heterocycles. The van der Waals surface area contributed by atoms with Crippen LogP contribution in [-0.4, -0.2) is 21.8 Å². The van der Waals surface area contributed by atoms with Crippen LogP contribution in [-0.2, 0) is 0 Å². The quantitative estimate of drug-likeness (QED) is 0.232. The SMILES string of the molecule is Cc1ccc(-c2csc(NC(=O)c3cccc(C(=O)Nc4nc(-c5ccc(C)cc5C)cs4)c3)n2)c(C)c1. The Hall–Kier alpha value is -4.14. The normalized spacial score (nSPS) is 10.8. The van der Waals surface area contributed by atoms with Crippen LogP contribution in [0.1, 0.15) is 43.0 Å². The highest BCUT2D eigenvalue weighted by molar-refractivity contribution is 7.14. The van der Waals surface area contributed by atoms with Gasteiger partial charge in [-0.1, -0.05) is 53.6 Å². The largest absolute Gasteiger partial charge is 0.298 e. The zero-order chi connectivity index (χ0) is 26.8. The third-order valence-electron chi connectivity index (χ3n) is 6.15. The minimum absolute atomic E-state index is 0.326. The number of hydrogen-bond acceptors (Lipinski definition) is 6. The molecule has 0 spiro atoms. The van der Waals surface area contributed by atoms with E-state index in [4.69, 9.17) is 0 Å². The van der Waals surface area contributed by atoms with Crippen LogP contribution in [0, 0.1) is 27.7 Å². The van der Waals surface area contributed by atoms with Gasteiger partial charge in [-0.15, -0.1) is 22.7 Å². The van der Waals surface area contributed by atoms with Crippen molar-refractivity contribution in [3.63, 3.8) is 0 Å². The lowest BCUT2D eigenvalue weighted by molar-refractivity contribution is 0.102. The number of thiazole rings is 2. The summed E-state index contributed by atoms with van der Waals surface area (Å²) in [6, 6.07) is 19.0. The van der Waals surface area contributed by atoms with Gasteiger partial charge in [-0.3, -0.25) is 20.2 Å². The molecular weight excluding hydrogens is 512 g/mol. The highest BCUT2D eigenvalue weighted by Gasteiger charge is 2.15. The average Bonchev–Trinajstić information content (AvgIpc) is 3.54. The number of carbonyl (C=O) groups is 2. The fourth-order valence-electron chi connectivity index (χ4n) is 4.25. The highest BCUT2D eigenvalue weighted by Crippen LogP contribution is 2.29. The van der Waals surface area contributed by atoms with Gasteiger partial charge in [0.1, 0.15) is 0 Å². The lowest BCUT2D eigenvalue weighted by Gasteiger charge is -2.06. The molecule has 0 fully saturated rings. The Morgan fingerprint density at radius 2 is 1.08 bits per heavy atom. The number of aromatic nitrogens is 2. The Balaban J connectivity index is 1.27. The summed E-state index contributed by atoms with van der Waals surface area (Å²) >= 11 is 2.73. The molecule has 8 heteroatoms. The summed E-state index contributed by atoms with van der Waals surface area (Å²) < 4.78 is 0. The third-order valence-corrected chi connectivity index (χ3v) is 7.67. The van der Waals surface area contributed by atoms with Gasteiger partial charge in [0.15, 0.2) is 10.3 Å². The van der Waals surface area contributed by atoms with E-state index in [-0.39, 0.29) is 11.8 Å². The summed E-state index contributed by atoms with van der Waals surface area (Å²) in [6.07, 6.45) is 0. The van der Waals surface area contributed by atoms with E-state index in [0.29, 0.717) is 21.4 Å². The summed E-state index contributed by atoms with van der Waals surface area (Å²) in [5.74, 6) is -0.653. The average molecular weight is 539 g/mol. The standard InChI is InChI=1S/C30H26N4O2S2/c1-17-8-10-23(19(3)12-17)25-15-37-29(31-25)33-27(35)21-6-5-7-22(14-21)28(36)34-30-32-26(16-38-30)24-11-9-18(2)13-20(24)4/h5-16H,1-4H3,(H,31,33,35)(H,32,34,36). The molecule has 2 heterocycles. The van der Waals surface area contributed by atoms with Crippen LogP contribution >= 0.6 is 22.7 Å². The molecule has 0 aliphatic rings. The van der Waals surface area contributed by atoms with Gasteiger partial charge in [-0.25, -0.2) is 9.97 Å². The first-order valence-corrected chi connectivity index (χ1v) is 13.8. The molecule has 2 aromatic heterocycles. The van der Waals surface area contributed by atoms with Crippen LogP contribution in [0.4, 0.5) is 10.3 Å². The molecule has 0 atom stereocenters. The van der Waals surface area contributed by atoms with Crippen LogP contribution in [0.3, 0.4) is 0 Å². The van der Waals surface area contributed by atoms with E-state index in [1.807, 2.05) is 48.9 Å². The molecule has 0 aliphatic carbocycles. The van der Waals surface area contributed by atoms with Crippen molar-refractivity contribution in [3.05, 3.63) is 105 Å². The van der Waals surface area contributed by atoms with Crippen molar-refractivity contribution in [1.82, 2.24) is 9.97 Å². The van der Waals surface area contributed by atoms with Gasteiger partial charge in [-0.2, -0.15) is 0 Å². The maximum absolute atomic E-state index is 12.9. The highest BCUT2D eigenvalue weighted by atomic mass is 32.1. The summed E-state index contributed by atoms with van der Waals surface area (Å²) in [6.45, 7) is 8.20. The lowest BCUT2D eigenvalue weighted by atomic mass is 10.0. The van der Waals surface area contributed by atoms with Gasteiger partial charge in [0.25, 0.3) is 11.8 Å². The van der Waals surface area contributed by atoms with Gasteiger partial charge in [0.05, 0.1) is 11.4 Å². The van der Waals surface area contributed by atoms with Crippen molar-refractivity contribution < 1.29 is 9.59 Å². The van der Waals surface area contributed by atoms with Crippen molar-refractivity contribution in [2.45, 2.75) is 27.7 Å². The molecule has 0 radical (unpaired) electrons. The van der Waals surface area contributed by atoms with Crippen molar-refractivity contribution in [1.29, 1.82) is 0 Å². The van der Waals surface area contributed by atoms with Crippen molar-refractivity contribution in [2.24, 2.45) is 0 Å². The third kappa shape index (κ3) is 5.56. The Bertz CT molecular complexity index is 1550. The topological polar surface area (TPSA) is 84.0 Å². The number of hydrogen-bond donors (Lipinski definition) is 2. The van der Waals surface area contributed by atoms with E-state index in [1.54, 1.807) is 24.3 Å². The Morgan fingerprint density at radius 3 is 1.50 bits per heavy atom. The van der Waals surface area contributed by atoms with Gasteiger partial charge in [0.2, 0.25) is 0 Å². The number of nitrogens with zero attached hydrogens (tertiary/aromatic N) is 2. The number of carbonyl (C=O) groups excluding carboxylic acids is 2. The first-order valence-electron chi connectivity index (χ1n) is 12.1. The molecule has 38 heavy (non-hydrogen) atoms. The maximum Gasteiger partial charge on any atom is 0.257 e. The maximum atomic E-state index is 12.9. The monoisotopic (exact) mass is 538 g/mol. The number of benzene rings is 3. The summed E-state index contributed by atoms with van der Waals surface area (Å²) in [5, 5.41) is 10.6. The van der Waals surface area contributed by atoms with E-state index in [9.17, 15) is 9.59 Å². The second kappa shape index (κ2) is 10.7. The molecule has 0 bridgehead atoms. The molecule has 0 saturated carbocycles. The lowest BCUT2D eigenvalue weighted by Crippen LogP contribution is -2.15. The van der Waals surface area contributed by atoms with E-state index >= 15 is 0 Å². The number of anilines is 2. The molecule has 5 aromatic rings. The zero-order valence-electron chi connectivity index (χ0n) is 21.5. The molecular formula is C30H26N4O2S2. The van der Waals surface area contributed by atoms with E-state index in [0.717, 1.165) is 33.6 Å². The van der Waals surface area contributed by atoms with Crippen molar-refractivity contribution in [2.75, 3.05) is 10.6 Å². The Morgan fingerprint density at radius 1 is 0.632 bits per heavy atom. The molecule has 0 aliphatic heterocycles. The molecule has 2 N–H and O–H groups in total. The number of rotatable bonds is 6. The van der Waals surface area contributed by atoms with Crippen LogP contribution in [0.5, 0.6) is 0 Å². The van der Waals surface area contributed by atoms with Crippen LogP contribution in [0.2, 0.25) is 0 Å². The Labute approximate surface area is 229 Å². The van der Waals surface area contributed by atoms with Gasteiger partial charge < -0.3 is 0 Å². The smallest absolute Gasteiger partial charge is 0.257 e. The predicted octanol–water partition coefficient (Wildman–Crippen LogP) is 7.67. The van der Waals surface area contributed by atoms with Gasteiger partial charge in [-0.05, 0) is 57.0 Å². The van der Waals surface area contributed by atoms with E-state index in [1.165, 1.54) is 33.8 Å². The fraction of sp³-hybridized carbons (Fsp3) is 0.133. The number of aryl methyl sites for hydroxylation is 4. The van der Waals surface area contributed by atoms with Crippen LogP contribution in [0.15, 0.2) is 71.4 Å². The van der Waals surface area contributed by atoms with Crippen LogP contribution < -0.4 is 10.6 Å². The first kappa shape index (κ1) is 25.5. The predicted molar refractivity (Wildman–Crippen MR) is 156 cm³/mol. The van der Waals surface area contributed by atoms with E-state index in [2.05, 4.69) is 46.6 Å². The molecule has 5 rings (SSSR count). The van der Waals surface area contributed by atoms with Gasteiger partial charge in [0, 0.05) is 33.0 Å². The summed E-state index contributed by atoms with van der Waals surface area (Å²) in [5.41, 5.74) is 9.10. The molecule has 190 valence electrons. The van der Waals surface area contributed by atoms with Crippen molar-refractivity contribution >= 4 is 44.8 Å². The second-order valence-electron chi connectivity index (χ2n) is 9.20. The second-order valence-corrected chi connectivity index (χ2v) is 10.9. The van der Waals surface area contributed by atoms with Crippen LogP contribution in [0.25, 0.3) is 22.5 Å². The molecule has 0 unspecified atom stereocenters. The fourth-order valence-corrected chi connectivity index (χ4v) is 5.66. The number of amides is 2. The minimum Gasteiger partial charge on any atom is -0.298 e.